The first-order chi connectivity index (χ1) is 5.25. The Morgan fingerprint density at radius 3 is 2.36 bits per heavy atom. The van der Waals surface area contributed by atoms with E-state index < -0.39 is 0 Å². The Labute approximate surface area is 70.7 Å². The van der Waals surface area contributed by atoms with Gasteiger partial charge in [-0.25, -0.2) is 0 Å². The van der Waals surface area contributed by atoms with Crippen LogP contribution in [-0.2, 0) is 0 Å². The van der Waals surface area contributed by atoms with Crippen molar-refractivity contribution in [3.8, 4) is 0 Å². The molecule has 0 aromatic carbocycles. The molecule has 0 bridgehead atoms. The van der Waals surface area contributed by atoms with E-state index in [2.05, 4.69) is 26.5 Å². The second-order valence-corrected chi connectivity index (χ2v) is 4.09. The van der Waals surface area contributed by atoms with E-state index in [0.717, 1.165) is 17.8 Å². The molecule has 1 saturated carbocycles. The van der Waals surface area contributed by atoms with Gasteiger partial charge in [-0.05, 0) is 30.6 Å². The lowest BCUT2D eigenvalue weighted by molar-refractivity contribution is 0.218. The lowest BCUT2D eigenvalue weighted by Gasteiger charge is -2.32. The van der Waals surface area contributed by atoms with E-state index >= 15 is 0 Å². The van der Waals surface area contributed by atoms with Crippen LogP contribution in [0.25, 0.3) is 0 Å². The maximum atomic E-state index is 3.92. The molecular weight excluding hydrogens is 132 g/mol. The van der Waals surface area contributed by atoms with E-state index in [1.54, 1.807) is 0 Å². The van der Waals surface area contributed by atoms with Crippen LogP contribution < -0.4 is 0 Å². The van der Waals surface area contributed by atoms with Gasteiger partial charge in [0.2, 0.25) is 0 Å². The Balaban J connectivity index is 2.51. The number of rotatable bonds is 2. The van der Waals surface area contributed by atoms with Gasteiger partial charge in [0, 0.05) is 0 Å². The summed E-state index contributed by atoms with van der Waals surface area (Å²) < 4.78 is 0. The van der Waals surface area contributed by atoms with Crippen LogP contribution in [0, 0.1) is 17.8 Å². The Hall–Kier alpha value is -0.260. The molecule has 0 spiro atoms. The molecule has 0 N–H and O–H groups in total. The molecule has 0 heteroatoms. The lowest BCUT2D eigenvalue weighted by Crippen LogP contribution is -2.22. The molecule has 0 heterocycles. The summed E-state index contributed by atoms with van der Waals surface area (Å²) in [6, 6.07) is 0. The van der Waals surface area contributed by atoms with Crippen LogP contribution in [0.15, 0.2) is 12.7 Å². The maximum Gasteiger partial charge on any atom is -0.0205 e. The standard InChI is InChI=1S/C11H20/c1-4-10-7-5-6-8-11(10)9(2)3/h4,9-11H,1,5-8H2,2-3H3/t10?,11-/m0/s1. The molecule has 2 atom stereocenters. The molecule has 0 saturated heterocycles. The molecular formula is C11H20. The SMILES string of the molecule is C=CC1CCCC[C@H]1C(C)C. The highest BCUT2D eigenvalue weighted by Gasteiger charge is 2.24. The second kappa shape index (κ2) is 3.94. The maximum absolute atomic E-state index is 3.92. The molecule has 1 aliphatic carbocycles. The van der Waals surface area contributed by atoms with E-state index in [4.69, 9.17) is 0 Å². The molecule has 1 unspecified atom stereocenters. The Bertz CT molecular complexity index is 124. The van der Waals surface area contributed by atoms with Crippen molar-refractivity contribution in [3.63, 3.8) is 0 Å². The fourth-order valence-electron chi connectivity index (χ4n) is 2.31. The van der Waals surface area contributed by atoms with Gasteiger partial charge < -0.3 is 0 Å². The minimum absolute atomic E-state index is 0.809. The fraction of sp³-hybridized carbons (Fsp3) is 0.818. The van der Waals surface area contributed by atoms with Gasteiger partial charge in [-0.15, -0.1) is 6.58 Å². The van der Waals surface area contributed by atoms with Gasteiger partial charge in [-0.2, -0.15) is 0 Å². The van der Waals surface area contributed by atoms with Crippen molar-refractivity contribution in [1.82, 2.24) is 0 Å². The van der Waals surface area contributed by atoms with Gasteiger partial charge in [-0.3, -0.25) is 0 Å². The third-order valence-electron chi connectivity index (χ3n) is 3.03. The van der Waals surface area contributed by atoms with Crippen molar-refractivity contribution in [2.75, 3.05) is 0 Å². The molecule has 1 rings (SSSR count). The molecule has 0 aliphatic heterocycles. The first-order valence-electron chi connectivity index (χ1n) is 4.88. The third kappa shape index (κ3) is 2.08. The van der Waals surface area contributed by atoms with Crippen molar-refractivity contribution in [2.45, 2.75) is 39.5 Å². The highest BCUT2D eigenvalue weighted by Crippen LogP contribution is 2.35. The molecule has 11 heavy (non-hydrogen) atoms. The Kier molecular flexibility index (Phi) is 3.16. The van der Waals surface area contributed by atoms with Crippen LogP contribution in [0.5, 0.6) is 0 Å². The number of hydrogen-bond acceptors (Lipinski definition) is 0. The van der Waals surface area contributed by atoms with Crippen LogP contribution in [0.4, 0.5) is 0 Å². The van der Waals surface area contributed by atoms with Gasteiger partial charge in [-0.1, -0.05) is 32.8 Å². The molecule has 0 nitrogen and oxygen atoms in total. The van der Waals surface area contributed by atoms with Crippen LogP contribution in [0.1, 0.15) is 39.5 Å². The summed E-state index contributed by atoms with van der Waals surface area (Å²) in [6.45, 7) is 8.60. The first kappa shape index (κ1) is 8.83. The lowest BCUT2D eigenvalue weighted by atomic mass is 9.74. The fourth-order valence-corrected chi connectivity index (χ4v) is 2.31. The van der Waals surface area contributed by atoms with Gasteiger partial charge in [0.15, 0.2) is 0 Å². The summed E-state index contributed by atoms with van der Waals surface area (Å²) in [4.78, 5) is 0. The summed E-state index contributed by atoms with van der Waals surface area (Å²) in [7, 11) is 0. The molecule has 0 aromatic rings. The van der Waals surface area contributed by atoms with E-state index in [-0.39, 0.29) is 0 Å². The van der Waals surface area contributed by atoms with Crippen LogP contribution >= 0.6 is 0 Å². The quantitative estimate of drug-likeness (QED) is 0.530. The van der Waals surface area contributed by atoms with Gasteiger partial charge in [0.25, 0.3) is 0 Å². The minimum Gasteiger partial charge on any atom is -0.103 e. The largest absolute Gasteiger partial charge is 0.103 e. The predicted octanol–water partition coefficient (Wildman–Crippen LogP) is 3.63. The molecule has 0 aromatic heterocycles. The van der Waals surface area contributed by atoms with Gasteiger partial charge in [0.05, 0.1) is 0 Å². The molecule has 1 aliphatic rings. The summed E-state index contributed by atoms with van der Waals surface area (Å²) in [5.41, 5.74) is 0. The molecule has 0 amide bonds. The first-order valence-corrected chi connectivity index (χ1v) is 4.88. The van der Waals surface area contributed by atoms with E-state index in [1.807, 2.05) is 0 Å². The zero-order valence-electron chi connectivity index (χ0n) is 7.84. The van der Waals surface area contributed by atoms with Gasteiger partial charge in [0.1, 0.15) is 0 Å². The van der Waals surface area contributed by atoms with Crippen LogP contribution in [0.2, 0.25) is 0 Å². The molecule has 0 radical (unpaired) electrons. The van der Waals surface area contributed by atoms with Crippen LogP contribution in [0.3, 0.4) is 0 Å². The van der Waals surface area contributed by atoms with Crippen molar-refractivity contribution in [1.29, 1.82) is 0 Å². The van der Waals surface area contributed by atoms with Crippen molar-refractivity contribution < 1.29 is 0 Å². The average molecular weight is 152 g/mol. The van der Waals surface area contributed by atoms with Crippen molar-refractivity contribution in [3.05, 3.63) is 12.7 Å². The van der Waals surface area contributed by atoms with Gasteiger partial charge >= 0.3 is 0 Å². The number of hydrogen-bond donors (Lipinski definition) is 0. The minimum atomic E-state index is 0.809. The summed E-state index contributed by atoms with van der Waals surface area (Å²) >= 11 is 0. The normalized spacial score (nSPS) is 32.3. The van der Waals surface area contributed by atoms with Crippen LogP contribution in [-0.4, -0.2) is 0 Å². The van der Waals surface area contributed by atoms with E-state index in [0.29, 0.717) is 0 Å². The summed E-state index contributed by atoms with van der Waals surface area (Å²) in [5.74, 6) is 2.57. The monoisotopic (exact) mass is 152 g/mol. The predicted molar refractivity (Wildman–Crippen MR) is 50.5 cm³/mol. The van der Waals surface area contributed by atoms with E-state index in [9.17, 15) is 0 Å². The highest BCUT2D eigenvalue weighted by molar-refractivity contribution is 4.88. The topological polar surface area (TPSA) is 0 Å². The molecule has 1 fully saturated rings. The number of allylic oxidation sites excluding steroid dienone is 1. The second-order valence-electron chi connectivity index (χ2n) is 4.09. The average Bonchev–Trinajstić information content (AvgIpc) is 2.04. The smallest absolute Gasteiger partial charge is 0.0205 e. The van der Waals surface area contributed by atoms with Crippen molar-refractivity contribution >= 4 is 0 Å². The van der Waals surface area contributed by atoms with E-state index in [1.165, 1.54) is 25.7 Å². The Morgan fingerprint density at radius 1 is 1.27 bits per heavy atom. The zero-order valence-corrected chi connectivity index (χ0v) is 7.84. The Morgan fingerprint density at radius 2 is 1.91 bits per heavy atom. The van der Waals surface area contributed by atoms with Crippen molar-refractivity contribution in [2.24, 2.45) is 17.8 Å². The highest BCUT2D eigenvalue weighted by atomic mass is 14.3. The summed E-state index contributed by atoms with van der Waals surface area (Å²) in [6.07, 6.45) is 7.83. The third-order valence-corrected chi connectivity index (χ3v) is 3.03. The molecule has 64 valence electrons. The summed E-state index contributed by atoms with van der Waals surface area (Å²) in [5, 5.41) is 0. The zero-order chi connectivity index (χ0) is 8.27.